The third-order valence-electron chi connectivity index (χ3n) is 2.25. The summed E-state index contributed by atoms with van der Waals surface area (Å²) in [5, 5.41) is 3.10. The van der Waals surface area contributed by atoms with Crippen LogP contribution in [0.2, 0.25) is 0 Å². The number of halogens is 1. The van der Waals surface area contributed by atoms with Crippen LogP contribution in [0.25, 0.3) is 0 Å². The maximum absolute atomic E-state index is 11.1. The molecule has 0 aromatic heterocycles. The Labute approximate surface area is 82.7 Å². The molecule has 13 heavy (non-hydrogen) atoms. The van der Waals surface area contributed by atoms with Gasteiger partial charge in [-0.1, -0.05) is 0 Å². The van der Waals surface area contributed by atoms with Crippen LogP contribution in [-0.2, 0) is 14.3 Å². The molecule has 2 aliphatic rings. The van der Waals surface area contributed by atoms with Crippen molar-refractivity contribution in [3.05, 3.63) is 11.6 Å². The third-order valence-corrected chi connectivity index (χ3v) is 2.25. The van der Waals surface area contributed by atoms with Gasteiger partial charge >= 0.3 is 5.97 Å². The van der Waals surface area contributed by atoms with E-state index < -0.39 is 0 Å². The molecule has 4 nitrogen and oxygen atoms in total. The maximum atomic E-state index is 11.1. The van der Waals surface area contributed by atoms with Crippen LogP contribution in [0.4, 0.5) is 0 Å². The fraction of sp³-hybridized carbons (Fsp3) is 0.625. The molecular formula is C8H12ClNO3. The lowest BCUT2D eigenvalue weighted by Gasteiger charge is -2.36. The molecule has 0 saturated carbocycles. The van der Waals surface area contributed by atoms with Crippen molar-refractivity contribution < 1.29 is 14.3 Å². The Kier molecular flexibility index (Phi) is 2.95. The summed E-state index contributed by atoms with van der Waals surface area (Å²) in [5.41, 5.74) is 0.433. The Balaban J connectivity index is 0.000000845. The Bertz CT molecular complexity index is 248. The van der Waals surface area contributed by atoms with Crippen molar-refractivity contribution >= 4 is 18.4 Å². The molecule has 74 valence electrons. The van der Waals surface area contributed by atoms with Crippen molar-refractivity contribution in [2.75, 3.05) is 26.8 Å². The Morgan fingerprint density at radius 2 is 2.38 bits per heavy atom. The fourth-order valence-electron chi connectivity index (χ4n) is 1.45. The highest BCUT2D eigenvalue weighted by Crippen LogP contribution is 2.27. The van der Waals surface area contributed by atoms with Crippen molar-refractivity contribution in [1.82, 2.24) is 5.32 Å². The molecule has 0 aliphatic carbocycles. The minimum atomic E-state index is -0.279. The number of methoxy groups -OCH3 is 1. The van der Waals surface area contributed by atoms with E-state index in [1.807, 2.05) is 6.08 Å². The molecule has 0 bridgehead atoms. The van der Waals surface area contributed by atoms with Gasteiger partial charge in [0.2, 0.25) is 0 Å². The van der Waals surface area contributed by atoms with E-state index >= 15 is 0 Å². The highest BCUT2D eigenvalue weighted by atomic mass is 35.5. The van der Waals surface area contributed by atoms with Gasteiger partial charge in [-0.25, -0.2) is 4.79 Å². The second-order valence-corrected chi connectivity index (χ2v) is 3.12. The highest BCUT2D eigenvalue weighted by Gasteiger charge is 2.41. The summed E-state index contributed by atoms with van der Waals surface area (Å²) >= 11 is 0. The van der Waals surface area contributed by atoms with Gasteiger partial charge in [0, 0.05) is 13.1 Å². The van der Waals surface area contributed by atoms with E-state index in [2.05, 4.69) is 10.1 Å². The molecule has 1 saturated heterocycles. The summed E-state index contributed by atoms with van der Waals surface area (Å²) in [6.07, 6.45) is 1.87. The van der Waals surface area contributed by atoms with Crippen molar-refractivity contribution in [2.45, 2.75) is 5.60 Å². The van der Waals surface area contributed by atoms with Gasteiger partial charge in [-0.2, -0.15) is 0 Å². The van der Waals surface area contributed by atoms with Crippen LogP contribution in [0, 0.1) is 0 Å². The number of esters is 1. The minimum absolute atomic E-state index is 0. The lowest BCUT2D eigenvalue weighted by atomic mass is 9.96. The van der Waals surface area contributed by atoms with Crippen LogP contribution in [0.3, 0.4) is 0 Å². The quantitative estimate of drug-likeness (QED) is 0.607. The topological polar surface area (TPSA) is 47.6 Å². The molecule has 1 N–H and O–H groups in total. The van der Waals surface area contributed by atoms with E-state index in [0.717, 1.165) is 13.1 Å². The molecule has 0 aromatic rings. The first kappa shape index (κ1) is 10.5. The lowest BCUT2D eigenvalue weighted by molar-refractivity contribution is -0.136. The monoisotopic (exact) mass is 205 g/mol. The Hall–Kier alpha value is -0.580. The molecule has 2 rings (SSSR count). The minimum Gasteiger partial charge on any atom is -0.466 e. The second-order valence-electron chi connectivity index (χ2n) is 3.12. The smallest absolute Gasteiger partial charge is 0.335 e. The summed E-state index contributed by atoms with van der Waals surface area (Å²) in [6, 6.07) is 0. The predicted octanol–water partition coefficient (Wildman–Crippen LogP) is -0.120. The van der Waals surface area contributed by atoms with Crippen molar-refractivity contribution in [3.8, 4) is 0 Å². The van der Waals surface area contributed by atoms with Crippen LogP contribution >= 0.6 is 12.4 Å². The molecule has 0 unspecified atom stereocenters. The van der Waals surface area contributed by atoms with Crippen LogP contribution in [0.15, 0.2) is 11.6 Å². The lowest BCUT2D eigenvalue weighted by Crippen LogP contribution is -2.58. The average Bonchev–Trinajstić information content (AvgIpc) is 2.46. The van der Waals surface area contributed by atoms with E-state index in [-0.39, 0.29) is 24.0 Å². The molecule has 5 heteroatoms. The zero-order chi connectivity index (χ0) is 8.60. The van der Waals surface area contributed by atoms with E-state index in [9.17, 15) is 4.79 Å². The van der Waals surface area contributed by atoms with Gasteiger partial charge in [-0.05, 0) is 6.08 Å². The van der Waals surface area contributed by atoms with Gasteiger partial charge in [0.15, 0.2) is 0 Å². The summed E-state index contributed by atoms with van der Waals surface area (Å²) in [4.78, 5) is 11.1. The van der Waals surface area contributed by atoms with Crippen molar-refractivity contribution in [1.29, 1.82) is 0 Å². The summed E-state index contributed by atoms with van der Waals surface area (Å²) < 4.78 is 10.0. The zero-order valence-corrected chi connectivity index (χ0v) is 8.15. The maximum Gasteiger partial charge on any atom is 0.335 e. The summed E-state index contributed by atoms with van der Waals surface area (Å²) in [7, 11) is 1.38. The molecule has 1 spiro atoms. The third kappa shape index (κ3) is 1.70. The van der Waals surface area contributed by atoms with Gasteiger partial charge < -0.3 is 14.8 Å². The first-order valence-electron chi connectivity index (χ1n) is 3.90. The van der Waals surface area contributed by atoms with Gasteiger partial charge in [0.25, 0.3) is 0 Å². The zero-order valence-electron chi connectivity index (χ0n) is 7.33. The fourth-order valence-corrected chi connectivity index (χ4v) is 1.45. The number of nitrogens with one attached hydrogen (secondary N) is 1. The number of hydrogen-bond acceptors (Lipinski definition) is 4. The molecule has 0 aromatic carbocycles. The molecule has 0 atom stereocenters. The molecule has 2 heterocycles. The molecule has 1 fully saturated rings. The van der Waals surface area contributed by atoms with Crippen LogP contribution in [0.1, 0.15) is 0 Å². The van der Waals surface area contributed by atoms with Gasteiger partial charge in [-0.3, -0.25) is 0 Å². The highest BCUT2D eigenvalue weighted by molar-refractivity contribution is 5.89. The first-order valence-corrected chi connectivity index (χ1v) is 3.90. The van der Waals surface area contributed by atoms with Crippen LogP contribution in [0.5, 0.6) is 0 Å². The molecule has 0 amide bonds. The standard InChI is InChI=1S/C8H11NO3.ClH/c1-11-7(10)6-2-8(12-3-6)4-9-5-8;/h2,9H,3-5H2,1H3;1H. The summed E-state index contributed by atoms with van der Waals surface area (Å²) in [6.45, 7) is 1.98. The average molecular weight is 206 g/mol. The first-order chi connectivity index (χ1) is 5.76. The van der Waals surface area contributed by atoms with Crippen LogP contribution in [-0.4, -0.2) is 38.4 Å². The number of hydrogen-bond donors (Lipinski definition) is 1. The summed E-state index contributed by atoms with van der Waals surface area (Å²) in [5.74, 6) is -0.279. The predicted molar refractivity (Wildman–Crippen MR) is 48.9 cm³/mol. The molecular weight excluding hydrogens is 194 g/mol. The molecule has 2 aliphatic heterocycles. The van der Waals surface area contributed by atoms with E-state index in [1.54, 1.807) is 0 Å². The number of carbonyl (C=O) groups is 1. The van der Waals surface area contributed by atoms with Crippen molar-refractivity contribution in [3.63, 3.8) is 0 Å². The van der Waals surface area contributed by atoms with Crippen molar-refractivity contribution in [2.24, 2.45) is 0 Å². The number of ether oxygens (including phenoxy) is 2. The van der Waals surface area contributed by atoms with Gasteiger partial charge in [0.05, 0.1) is 19.3 Å². The van der Waals surface area contributed by atoms with Gasteiger partial charge in [-0.15, -0.1) is 12.4 Å². The van der Waals surface area contributed by atoms with E-state index in [1.165, 1.54) is 7.11 Å². The number of rotatable bonds is 1. The Morgan fingerprint density at radius 1 is 1.69 bits per heavy atom. The van der Waals surface area contributed by atoms with Crippen LogP contribution < -0.4 is 5.32 Å². The van der Waals surface area contributed by atoms with Gasteiger partial charge in [0.1, 0.15) is 5.60 Å². The van der Waals surface area contributed by atoms with E-state index in [0.29, 0.717) is 12.2 Å². The van der Waals surface area contributed by atoms with E-state index in [4.69, 9.17) is 4.74 Å². The Morgan fingerprint density at radius 3 is 2.77 bits per heavy atom. The molecule has 0 radical (unpaired) electrons. The second kappa shape index (κ2) is 3.65. The number of carbonyl (C=O) groups excluding carboxylic acids is 1. The normalized spacial score (nSPS) is 23.0. The largest absolute Gasteiger partial charge is 0.466 e. The SMILES string of the molecule is COC(=O)C1=CC2(CNC2)OC1.Cl.